The van der Waals surface area contributed by atoms with Crippen LogP contribution in [0.2, 0.25) is 0 Å². The van der Waals surface area contributed by atoms with Crippen LogP contribution in [-0.4, -0.2) is 34.9 Å². The van der Waals surface area contributed by atoms with Gasteiger partial charge in [0.2, 0.25) is 0 Å². The predicted octanol–water partition coefficient (Wildman–Crippen LogP) is 3.35. The molecule has 0 unspecified atom stereocenters. The molecule has 0 bridgehead atoms. The van der Waals surface area contributed by atoms with E-state index in [0.717, 1.165) is 24.0 Å². The molecule has 1 fully saturated rings. The molecule has 3 rings (SSSR count). The summed E-state index contributed by atoms with van der Waals surface area (Å²) >= 11 is 0. The Balaban J connectivity index is 1.89. The van der Waals surface area contributed by atoms with Crippen LogP contribution < -0.4 is 5.73 Å². The van der Waals surface area contributed by atoms with Crippen molar-refractivity contribution in [2.75, 3.05) is 6.54 Å². The van der Waals surface area contributed by atoms with Crippen LogP contribution in [0, 0.1) is 6.92 Å². The number of aromatic nitrogens is 2. The average Bonchev–Trinajstić information content (AvgIpc) is 3.28. The van der Waals surface area contributed by atoms with Gasteiger partial charge in [-0.25, -0.2) is 0 Å². The molecular weight excluding hydrogens is 373 g/mol. The number of alkyl halides is 3. The molecule has 0 saturated heterocycles. The second-order valence-electron chi connectivity index (χ2n) is 6.64. The molecule has 6 nitrogen and oxygen atoms in total. The van der Waals surface area contributed by atoms with Gasteiger partial charge >= 0.3 is 6.18 Å². The molecule has 1 aliphatic rings. The zero-order chi connectivity index (χ0) is 20.4. The fourth-order valence-corrected chi connectivity index (χ4v) is 3.05. The third-order valence-electron chi connectivity index (χ3n) is 4.62. The number of benzene rings is 1. The lowest BCUT2D eigenvalue weighted by Crippen LogP contribution is -2.22. The van der Waals surface area contributed by atoms with Crippen molar-refractivity contribution in [1.29, 1.82) is 0 Å². The first-order valence-corrected chi connectivity index (χ1v) is 8.71. The van der Waals surface area contributed by atoms with Crippen LogP contribution in [0.5, 0.6) is 0 Å². The Morgan fingerprint density at radius 3 is 2.68 bits per heavy atom. The second kappa shape index (κ2) is 7.57. The van der Waals surface area contributed by atoms with Gasteiger partial charge in [0.15, 0.2) is 5.82 Å². The molecule has 0 aliphatic heterocycles. The van der Waals surface area contributed by atoms with Crippen molar-refractivity contribution in [2.45, 2.75) is 37.8 Å². The third kappa shape index (κ3) is 3.97. The van der Waals surface area contributed by atoms with Crippen LogP contribution in [0.15, 0.2) is 39.9 Å². The Morgan fingerprint density at radius 1 is 1.36 bits per heavy atom. The highest BCUT2D eigenvalue weighted by Crippen LogP contribution is 2.53. The van der Waals surface area contributed by atoms with E-state index in [-0.39, 0.29) is 24.6 Å². The number of hydrogen-bond acceptors (Lipinski definition) is 6. The largest absolute Gasteiger partial charge is 0.432 e. The molecule has 9 heteroatoms. The number of nitrogens with two attached hydrogens (primary N) is 1. The Hall–Kier alpha value is -2.97. The van der Waals surface area contributed by atoms with Crippen LogP contribution in [0.4, 0.5) is 13.2 Å². The van der Waals surface area contributed by atoms with Crippen LogP contribution in [0.3, 0.4) is 0 Å². The molecule has 0 radical (unpaired) electrons. The lowest BCUT2D eigenvalue weighted by molar-refractivity contribution is -0.107. The fourth-order valence-electron chi connectivity index (χ4n) is 3.05. The molecule has 2 N–H and O–H groups in total. The highest BCUT2D eigenvalue weighted by molar-refractivity contribution is 6.03. The minimum atomic E-state index is -4.71. The van der Waals surface area contributed by atoms with Gasteiger partial charge in [0, 0.05) is 13.0 Å². The van der Waals surface area contributed by atoms with Gasteiger partial charge in [-0.1, -0.05) is 29.4 Å². The number of aliphatic imine (C=N–C) groups is 1. The molecule has 1 heterocycles. The number of rotatable bonds is 7. The molecule has 1 aromatic heterocycles. The summed E-state index contributed by atoms with van der Waals surface area (Å²) in [5.41, 5.74) is 5.98. The Morgan fingerprint density at radius 2 is 2.07 bits per heavy atom. The van der Waals surface area contributed by atoms with Gasteiger partial charge in [0.05, 0.1) is 11.1 Å². The molecule has 1 aliphatic carbocycles. The summed E-state index contributed by atoms with van der Waals surface area (Å²) in [4.78, 5) is 17.9. The SMILES string of the molecule is Cc1ccccc1C1(c2noc(/C(N)=C/C(=NCCC=O)C(F)(F)F)n2)CC1. The number of hydrogen-bond donors (Lipinski definition) is 1. The van der Waals surface area contributed by atoms with Crippen LogP contribution in [-0.2, 0) is 10.2 Å². The van der Waals surface area contributed by atoms with Gasteiger partial charge in [-0.2, -0.15) is 18.2 Å². The fraction of sp³-hybridized carbons (Fsp3) is 0.368. The first kappa shape index (κ1) is 19.8. The summed E-state index contributed by atoms with van der Waals surface area (Å²) in [6.45, 7) is 1.70. The van der Waals surface area contributed by atoms with Crippen LogP contribution in [0.1, 0.15) is 42.1 Å². The number of carbonyl (C=O) groups is 1. The standard InChI is InChI=1S/C19H19F3N4O2/c1-12-5-2-3-6-13(12)18(7-8-18)17-25-16(28-26-17)14(23)11-15(19(20,21)22)24-9-4-10-27/h2-3,5-6,10-11H,4,7-9,23H2,1H3/b14-11-,24-15?. The van der Waals surface area contributed by atoms with Crippen molar-refractivity contribution in [3.8, 4) is 0 Å². The molecule has 2 aromatic rings. The summed E-state index contributed by atoms with van der Waals surface area (Å²) in [5.74, 6) is 0.210. The molecule has 0 atom stereocenters. The van der Waals surface area contributed by atoms with Crippen LogP contribution in [0.25, 0.3) is 5.70 Å². The van der Waals surface area contributed by atoms with E-state index >= 15 is 0 Å². The maximum absolute atomic E-state index is 13.1. The Labute approximate surface area is 159 Å². The van der Waals surface area contributed by atoms with E-state index in [1.54, 1.807) is 0 Å². The van der Waals surface area contributed by atoms with Crippen molar-refractivity contribution in [3.63, 3.8) is 0 Å². The Kier molecular flexibility index (Phi) is 5.35. The first-order chi connectivity index (χ1) is 13.3. The quantitative estimate of drug-likeness (QED) is 0.443. The van der Waals surface area contributed by atoms with E-state index in [1.807, 2.05) is 31.2 Å². The van der Waals surface area contributed by atoms with Crippen molar-refractivity contribution in [2.24, 2.45) is 10.7 Å². The maximum atomic E-state index is 13.1. The second-order valence-corrected chi connectivity index (χ2v) is 6.64. The van der Waals surface area contributed by atoms with Gasteiger partial charge in [-0.3, -0.25) is 4.99 Å². The van der Waals surface area contributed by atoms with Gasteiger partial charge < -0.3 is 15.1 Å². The van der Waals surface area contributed by atoms with Gasteiger partial charge in [0.1, 0.15) is 12.0 Å². The number of aryl methyl sites for hydroxylation is 1. The molecular formula is C19H19F3N4O2. The predicted molar refractivity (Wildman–Crippen MR) is 96.7 cm³/mol. The van der Waals surface area contributed by atoms with Gasteiger partial charge in [0.25, 0.3) is 5.89 Å². The zero-order valence-electron chi connectivity index (χ0n) is 15.2. The van der Waals surface area contributed by atoms with E-state index in [0.29, 0.717) is 18.2 Å². The number of halogens is 3. The number of allylic oxidation sites excluding steroid dienone is 1. The topological polar surface area (TPSA) is 94.4 Å². The number of nitrogens with zero attached hydrogens (tertiary/aromatic N) is 3. The normalized spacial score (nSPS) is 16.9. The van der Waals surface area contributed by atoms with E-state index in [1.165, 1.54) is 0 Å². The van der Waals surface area contributed by atoms with E-state index in [4.69, 9.17) is 10.3 Å². The molecule has 0 amide bonds. The Bertz CT molecular complexity index is 927. The van der Waals surface area contributed by atoms with Crippen molar-refractivity contribution < 1.29 is 22.5 Å². The third-order valence-corrected chi connectivity index (χ3v) is 4.62. The minimum absolute atomic E-state index is 0.114. The summed E-state index contributed by atoms with van der Waals surface area (Å²) in [6, 6.07) is 7.82. The first-order valence-electron chi connectivity index (χ1n) is 8.71. The summed E-state index contributed by atoms with van der Waals surface area (Å²) in [5, 5.41) is 3.96. The summed E-state index contributed by atoms with van der Waals surface area (Å²) < 4.78 is 44.4. The monoisotopic (exact) mass is 392 g/mol. The van der Waals surface area contributed by atoms with E-state index in [9.17, 15) is 18.0 Å². The van der Waals surface area contributed by atoms with Crippen LogP contribution >= 0.6 is 0 Å². The molecule has 1 aromatic carbocycles. The minimum Gasteiger partial charge on any atom is -0.394 e. The lowest BCUT2D eigenvalue weighted by Gasteiger charge is -2.13. The summed E-state index contributed by atoms with van der Waals surface area (Å²) in [6.07, 6.45) is -2.04. The average molecular weight is 392 g/mol. The zero-order valence-corrected chi connectivity index (χ0v) is 15.2. The smallest absolute Gasteiger partial charge is 0.394 e. The molecule has 0 spiro atoms. The molecule has 1 saturated carbocycles. The summed E-state index contributed by atoms with van der Waals surface area (Å²) in [7, 11) is 0. The van der Waals surface area contributed by atoms with E-state index in [2.05, 4.69) is 15.1 Å². The highest BCUT2D eigenvalue weighted by atomic mass is 19.4. The van der Waals surface area contributed by atoms with Crippen molar-refractivity contribution in [3.05, 3.63) is 53.2 Å². The maximum Gasteiger partial charge on any atom is 0.432 e. The number of carbonyl (C=O) groups excluding carboxylic acids is 1. The van der Waals surface area contributed by atoms with Gasteiger partial charge in [-0.05, 0) is 37.0 Å². The number of aldehydes is 1. The van der Waals surface area contributed by atoms with Gasteiger partial charge in [-0.15, -0.1) is 0 Å². The molecule has 28 heavy (non-hydrogen) atoms. The van der Waals surface area contributed by atoms with E-state index < -0.39 is 17.3 Å². The van der Waals surface area contributed by atoms with Crippen molar-refractivity contribution >= 4 is 17.7 Å². The molecule has 148 valence electrons. The highest BCUT2D eigenvalue weighted by Gasteiger charge is 2.50. The van der Waals surface area contributed by atoms with Crippen molar-refractivity contribution in [1.82, 2.24) is 10.1 Å². The lowest BCUT2D eigenvalue weighted by atomic mass is 9.91.